The van der Waals surface area contributed by atoms with E-state index in [1.54, 1.807) is 6.08 Å². The zero-order valence-electron chi connectivity index (χ0n) is 31.3. The number of hydrogen-bond acceptors (Lipinski definition) is 3. The van der Waals surface area contributed by atoms with Crippen molar-refractivity contribution in [1.82, 2.24) is 15.0 Å². The van der Waals surface area contributed by atoms with E-state index < -0.39 is 5.41 Å². The Morgan fingerprint density at radius 2 is 1.07 bits per heavy atom. The standard InChI is InChI=1S/C53H39N3/c1-5-19-35(7-3)39-31-40(36-21-11-9-12-22-36)33-41(32-39)52-55-50(37-23-13-10-14-24-37)54-51(56-52)38-29-30-45-42(20-6-2)46(8-4)53(49(45)34-38)47-27-17-15-25-43(47)44-26-16-18-28-48(44)53/h5-34H,1-3H2,4H3/b35-19+,42-20-,46-8+. The van der Waals surface area contributed by atoms with Crippen molar-refractivity contribution in [2.24, 2.45) is 0 Å². The van der Waals surface area contributed by atoms with Crippen molar-refractivity contribution in [2.45, 2.75) is 12.3 Å². The van der Waals surface area contributed by atoms with E-state index in [4.69, 9.17) is 15.0 Å². The van der Waals surface area contributed by atoms with E-state index in [1.807, 2.05) is 54.6 Å². The lowest BCUT2D eigenvalue weighted by atomic mass is 9.70. The second-order valence-electron chi connectivity index (χ2n) is 14.0. The van der Waals surface area contributed by atoms with Gasteiger partial charge < -0.3 is 0 Å². The largest absolute Gasteiger partial charge is 0.208 e. The SMILES string of the molecule is C=C/C=C(\C=C)c1cc(-c2ccccc2)cc(-c2nc(-c3ccccc3)nc(-c3ccc4c(c3)C3(C(=C/C)/C4=C\C=C)c4ccccc4-c4ccccc43)n2)c1. The van der Waals surface area contributed by atoms with E-state index in [9.17, 15) is 0 Å². The highest BCUT2D eigenvalue weighted by Crippen LogP contribution is 2.63. The van der Waals surface area contributed by atoms with Gasteiger partial charge in [-0.05, 0) is 98.0 Å². The summed E-state index contributed by atoms with van der Waals surface area (Å²) in [6.07, 6.45) is 11.9. The molecule has 0 unspecified atom stereocenters. The molecule has 3 heteroatoms. The van der Waals surface area contributed by atoms with E-state index in [-0.39, 0.29) is 0 Å². The fraction of sp³-hybridized carbons (Fsp3) is 0.0377. The number of nitrogens with zero attached hydrogens (tertiary/aromatic N) is 3. The number of rotatable bonds is 8. The molecule has 0 atom stereocenters. The third-order valence-electron chi connectivity index (χ3n) is 11.0. The van der Waals surface area contributed by atoms with Crippen LogP contribution in [0.3, 0.4) is 0 Å². The number of allylic oxidation sites excluding steroid dienone is 9. The maximum Gasteiger partial charge on any atom is 0.164 e. The highest BCUT2D eigenvalue weighted by molar-refractivity contribution is 6.00. The first kappa shape index (κ1) is 34.5. The maximum atomic E-state index is 5.30. The molecule has 266 valence electrons. The minimum absolute atomic E-state index is 0.516. The van der Waals surface area contributed by atoms with Gasteiger partial charge in [-0.3, -0.25) is 0 Å². The molecular weight excluding hydrogens is 679 g/mol. The van der Waals surface area contributed by atoms with Crippen molar-refractivity contribution in [3.63, 3.8) is 0 Å². The van der Waals surface area contributed by atoms with Crippen LogP contribution in [-0.2, 0) is 5.41 Å². The van der Waals surface area contributed by atoms with Gasteiger partial charge in [0.2, 0.25) is 0 Å². The molecule has 0 saturated carbocycles. The third-order valence-corrected chi connectivity index (χ3v) is 11.0. The summed E-state index contributed by atoms with van der Waals surface area (Å²) >= 11 is 0. The van der Waals surface area contributed by atoms with E-state index in [0.717, 1.165) is 39.0 Å². The van der Waals surface area contributed by atoms with Crippen molar-refractivity contribution in [2.75, 3.05) is 0 Å². The first-order chi connectivity index (χ1) is 27.6. The highest BCUT2D eigenvalue weighted by Gasteiger charge is 2.53. The van der Waals surface area contributed by atoms with E-state index in [0.29, 0.717) is 17.5 Å². The van der Waals surface area contributed by atoms with Crippen molar-refractivity contribution in [1.29, 1.82) is 0 Å². The Balaban J connectivity index is 1.31. The zero-order chi connectivity index (χ0) is 38.2. The van der Waals surface area contributed by atoms with Gasteiger partial charge >= 0.3 is 0 Å². The zero-order valence-corrected chi connectivity index (χ0v) is 31.3. The molecule has 2 aliphatic rings. The van der Waals surface area contributed by atoms with Crippen LogP contribution in [0.15, 0.2) is 207 Å². The Bertz CT molecular complexity index is 2760. The van der Waals surface area contributed by atoms with Crippen LogP contribution in [0, 0.1) is 0 Å². The van der Waals surface area contributed by atoms with Crippen molar-refractivity contribution in [3.8, 4) is 56.4 Å². The minimum Gasteiger partial charge on any atom is -0.208 e. The van der Waals surface area contributed by atoms with Crippen LogP contribution >= 0.6 is 0 Å². The summed E-state index contributed by atoms with van der Waals surface area (Å²) in [5, 5.41) is 0. The predicted octanol–water partition coefficient (Wildman–Crippen LogP) is 13.1. The monoisotopic (exact) mass is 717 g/mol. The minimum atomic E-state index is -0.516. The van der Waals surface area contributed by atoms with Gasteiger partial charge in [-0.25, -0.2) is 15.0 Å². The number of hydrogen-bond donors (Lipinski definition) is 0. The van der Waals surface area contributed by atoms with E-state index in [2.05, 4.69) is 148 Å². The van der Waals surface area contributed by atoms with Gasteiger partial charge in [0.15, 0.2) is 17.5 Å². The van der Waals surface area contributed by atoms with Crippen LogP contribution in [-0.4, -0.2) is 15.0 Å². The summed E-state index contributed by atoms with van der Waals surface area (Å²) in [4.78, 5) is 15.6. The van der Waals surface area contributed by atoms with Crippen LogP contribution < -0.4 is 0 Å². The lowest BCUT2D eigenvalue weighted by Gasteiger charge is -2.31. The molecule has 0 aliphatic heterocycles. The van der Waals surface area contributed by atoms with Gasteiger partial charge in [0.05, 0.1) is 5.41 Å². The van der Waals surface area contributed by atoms with Crippen molar-refractivity contribution in [3.05, 3.63) is 235 Å². The van der Waals surface area contributed by atoms with Gasteiger partial charge in [-0.1, -0.05) is 178 Å². The Morgan fingerprint density at radius 1 is 0.500 bits per heavy atom. The quantitative estimate of drug-likeness (QED) is 0.147. The first-order valence-electron chi connectivity index (χ1n) is 18.9. The average molecular weight is 718 g/mol. The summed E-state index contributed by atoms with van der Waals surface area (Å²) < 4.78 is 0. The van der Waals surface area contributed by atoms with Gasteiger partial charge in [0, 0.05) is 16.7 Å². The molecule has 9 rings (SSSR count). The molecule has 0 fully saturated rings. The molecule has 1 spiro atoms. The second-order valence-corrected chi connectivity index (χ2v) is 14.0. The fourth-order valence-corrected chi connectivity index (χ4v) is 8.69. The van der Waals surface area contributed by atoms with Crippen molar-refractivity contribution < 1.29 is 0 Å². The molecule has 3 nitrogen and oxygen atoms in total. The molecule has 0 saturated heterocycles. The molecule has 56 heavy (non-hydrogen) atoms. The number of benzene rings is 6. The molecule has 6 aromatic carbocycles. The van der Waals surface area contributed by atoms with E-state index in [1.165, 1.54) is 44.5 Å². The van der Waals surface area contributed by atoms with Crippen LogP contribution in [0.5, 0.6) is 0 Å². The summed E-state index contributed by atoms with van der Waals surface area (Å²) in [7, 11) is 0. The van der Waals surface area contributed by atoms with Crippen LogP contribution in [0.2, 0.25) is 0 Å². The average Bonchev–Trinajstić information content (AvgIpc) is 3.72. The normalized spacial score (nSPS) is 15.1. The summed E-state index contributed by atoms with van der Waals surface area (Å²) in [6.45, 7) is 14.3. The van der Waals surface area contributed by atoms with Crippen molar-refractivity contribution >= 4 is 11.1 Å². The molecule has 0 amide bonds. The molecular formula is C53H39N3. The second kappa shape index (κ2) is 14.2. The Kier molecular flexibility index (Phi) is 8.76. The molecule has 7 aromatic rings. The predicted molar refractivity (Wildman–Crippen MR) is 234 cm³/mol. The van der Waals surface area contributed by atoms with Crippen LogP contribution in [0.1, 0.15) is 34.7 Å². The Labute approximate surface area is 328 Å². The van der Waals surface area contributed by atoms with Gasteiger partial charge in [-0.15, -0.1) is 0 Å². The topological polar surface area (TPSA) is 38.7 Å². The number of aromatic nitrogens is 3. The molecule has 1 aromatic heterocycles. The lowest BCUT2D eigenvalue weighted by molar-refractivity contribution is 0.793. The molecule has 2 aliphatic carbocycles. The molecule has 0 bridgehead atoms. The molecule has 0 N–H and O–H groups in total. The van der Waals surface area contributed by atoms with Gasteiger partial charge in [0.1, 0.15) is 0 Å². The Hall–Kier alpha value is -7.23. The smallest absolute Gasteiger partial charge is 0.164 e. The first-order valence-corrected chi connectivity index (χ1v) is 18.9. The van der Waals surface area contributed by atoms with E-state index >= 15 is 0 Å². The Morgan fingerprint density at radius 3 is 1.68 bits per heavy atom. The highest BCUT2D eigenvalue weighted by atomic mass is 15.0. The van der Waals surface area contributed by atoms with Crippen LogP contribution in [0.25, 0.3) is 67.6 Å². The third kappa shape index (κ3) is 5.48. The summed E-state index contributed by atoms with van der Waals surface area (Å²) in [5.74, 6) is 1.80. The van der Waals surface area contributed by atoms with Crippen LogP contribution in [0.4, 0.5) is 0 Å². The number of fused-ring (bicyclic) bond motifs is 7. The summed E-state index contributed by atoms with van der Waals surface area (Å²) in [6, 6.07) is 51.4. The molecule has 1 heterocycles. The fourth-order valence-electron chi connectivity index (χ4n) is 8.69. The van der Waals surface area contributed by atoms with Gasteiger partial charge in [-0.2, -0.15) is 0 Å². The lowest BCUT2D eigenvalue weighted by Crippen LogP contribution is -2.26. The van der Waals surface area contributed by atoms with Gasteiger partial charge in [0.25, 0.3) is 0 Å². The molecule has 0 radical (unpaired) electrons. The maximum absolute atomic E-state index is 5.30. The summed E-state index contributed by atoms with van der Waals surface area (Å²) in [5.41, 5.74) is 16.2.